The van der Waals surface area contributed by atoms with Crippen molar-refractivity contribution in [1.82, 2.24) is 4.98 Å². The maximum Gasteiger partial charge on any atom is 0.0892 e. The Morgan fingerprint density at radius 3 is 3.07 bits per heavy atom. The third kappa shape index (κ3) is 2.99. The summed E-state index contributed by atoms with van der Waals surface area (Å²) in [6.07, 6.45) is 1.21. The first-order chi connectivity index (χ1) is 7.38. The molecule has 2 heterocycles. The highest BCUT2D eigenvalue weighted by Crippen LogP contribution is 2.10. The summed E-state index contributed by atoms with van der Waals surface area (Å²) >= 11 is 0. The molecule has 1 aromatic rings. The average Bonchev–Trinajstić information content (AvgIpc) is 2.79. The molecule has 1 fully saturated rings. The number of rotatable bonds is 4. The van der Waals surface area contributed by atoms with E-state index >= 15 is 0 Å². The quantitative estimate of drug-likeness (QED) is 0.796. The molecule has 82 valence electrons. The molecule has 0 aromatic carbocycles. The topological polar surface area (TPSA) is 57.4 Å². The minimum Gasteiger partial charge on any atom is -0.379 e. The van der Waals surface area contributed by atoms with Gasteiger partial charge in [-0.15, -0.1) is 0 Å². The summed E-state index contributed by atoms with van der Waals surface area (Å²) in [7, 11) is 0. The maximum absolute atomic E-state index is 5.66. The van der Waals surface area contributed by atoms with Gasteiger partial charge in [0.25, 0.3) is 0 Å². The van der Waals surface area contributed by atoms with Gasteiger partial charge in [-0.05, 0) is 18.6 Å². The summed E-state index contributed by atoms with van der Waals surface area (Å²) < 4.78 is 10.9. The zero-order valence-electron chi connectivity index (χ0n) is 8.69. The Bertz CT molecular complexity index is 311. The van der Waals surface area contributed by atoms with E-state index in [1.165, 1.54) is 0 Å². The Hall–Kier alpha value is -0.970. The normalized spacial score (nSPS) is 20.7. The van der Waals surface area contributed by atoms with E-state index in [1.807, 2.05) is 18.2 Å². The minimum atomic E-state index is 0.230. The maximum atomic E-state index is 5.66. The molecule has 1 aliphatic rings. The van der Waals surface area contributed by atoms with Crippen molar-refractivity contribution in [2.24, 2.45) is 5.73 Å². The van der Waals surface area contributed by atoms with Gasteiger partial charge in [0.15, 0.2) is 0 Å². The van der Waals surface area contributed by atoms with E-state index in [4.69, 9.17) is 15.2 Å². The van der Waals surface area contributed by atoms with Gasteiger partial charge < -0.3 is 15.2 Å². The lowest BCUT2D eigenvalue weighted by atomic mass is 10.3. The van der Waals surface area contributed by atoms with E-state index in [9.17, 15) is 0 Å². The molecular weight excluding hydrogens is 192 g/mol. The predicted octanol–water partition coefficient (Wildman–Crippen LogP) is 0.846. The summed E-state index contributed by atoms with van der Waals surface area (Å²) in [6, 6.07) is 5.83. The van der Waals surface area contributed by atoms with Crippen molar-refractivity contribution < 1.29 is 9.47 Å². The van der Waals surface area contributed by atoms with Gasteiger partial charge in [0.05, 0.1) is 30.7 Å². The second kappa shape index (κ2) is 5.21. The van der Waals surface area contributed by atoms with Crippen molar-refractivity contribution in [2.45, 2.75) is 25.7 Å². The molecule has 4 heteroatoms. The van der Waals surface area contributed by atoms with Crippen molar-refractivity contribution in [3.8, 4) is 0 Å². The zero-order valence-corrected chi connectivity index (χ0v) is 8.69. The lowest BCUT2D eigenvalue weighted by Crippen LogP contribution is -2.13. The third-order valence-electron chi connectivity index (χ3n) is 2.43. The van der Waals surface area contributed by atoms with Gasteiger partial charge >= 0.3 is 0 Å². The Kier molecular flexibility index (Phi) is 3.66. The van der Waals surface area contributed by atoms with E-state index in [2.05, 4.69) is 4.98 Å². The summed E-state index contributed by atoms with van der Waals surface area (Å²) in [6.45, 7) is 2.53. The lowest BCUT2D eigenvalue weighted by molar-refractivity contribution is 0.0301. The van der Waals surface area contributed by atoms with Gasteiger partial charge in [0.2, 0.25) is 0 Å². The van der Waals surface area contributed by atoms with E-state index in [1.54, 1.807) is 0 Å². The molecule has 0 saturated carbocycles. The molecule has 1 saturated heterocycles. The molecule has 1 unspecified atom stereocenters. The molecule has 2 N–H and O–H groups in total. The summed E-state index contributed by atoms with van der Waals surface area (Å²) in [4.78, 5) is 4.36. The van der Waals surface area contributed by atoms with Crippen molar-refractivity contribution in [3.63, 3.8) is 0 Å². The number of ether oxygens (including phenoxy) is 2. The van der Waals surface area contributed by atoms with Gasteiger partial charge in [-0.3, -0.25) is 4.98 Å². The Balaban J connectivity index is 1.86. The smallest absolute Gasteiger partial charge is 0.0892 e. The molecule has 1 aromatic heterocycles. The fourth-order valence-electron chi connectivity index (χ4n) is 1.57. The molecular formula is C11H16N2O2. The number of hydrogen-bond donors (Lipinski definition) is 1. The van der Waals surface area contributed by atoms with Gasteiger partial charge in [-0.1, -0.05) is 6.07 Å². The number of nitrogens with zero attached hydrogens (tertiary/aromatic N) is 1. The van der Waals surface area contributed by atoms with Crippen LogP contribution in [0.3, 0.4) is 0 Å². The number of pyridine rings is 1. The summed E-state index contributed by atoms with van der Waals surface area (Å²) in [5.41, 5.74) is 7.35. The largest absolute Gasteiger partial charge is 0.379 e. The van der Waals surface area contributed by atoms with Crippen LogP contribution in [0.4, 0.5) is 0 Å². The van der Waals surface area contributed by atoms with E-state index < -0.39 is 0 Å². The fraction of sp³-hybridized carbons (Fsp3) is 0.545. The van der Waals surface area contributed by atoms with Gasteiger partial charge in [-0.25, -0.2) is 0 Å². The monoisotopic (exact) mass is 208 g/mol. The minimum absolute atomic E-state index is 0.230. The first-order valence-corrected chi connectivity index (χ1v) is 5.22. The molecule has 0 radical (unpaired) electrons. The second-order valence-corrected chi connectivity index (χ2v) is 3.62. The molecule has 1 aliphatic heterocycles. The van der Waals surface area contributed by atoms with Crippen LogP contribution < -0.4 is 5.73 Å². The number of hydrogen-bond acceptors (Lipinski definition) is 4. The van der Waals surface area contributed by atoms with E-state index in [0.29, 0.717) is 19.8 Å². The van der Waals surface area contributed by atoms with Crippen LogP contribution in [0.1, 0.15) is 17.8 Å². The molecule has 0 aliphatic carbocycles. The summed E-state index contributed by atoms with van der Waals surface area (Å²) in [5, 5.41) is 0. The Labute approximate surface area is 89.4 Å². The van der Waals surface area contributed by atoms with Crippen molar-refractivity contribution >= 4 is 0 Å². The van der Waals surface area contributed by atoms with E-state index in [-0.39, 0.29) is 6.10 Å². The fourth-order valence-corrected chi connectivity index (χ4v) is 1.57. The predicted molar refractivity (Wildman–Crippen MR) is 56.1 cm³/mol. The van der Waals surface area contributed by atoms with E-state index in [0.717, 1.165) is 24.4 Å². The number of nitrogens with two attached hydrogens (primary N) is 1. The molecule has 1 atom stereocenters. The van der Waals surface area contributed by atoms with Crippen LogP contribution in [0, 0.1) is 0 Å². The zero-order chi connectivity index (χ0) is 10.5. The Morgan fingerprint density at radius 2 is 2.33 bits per heavy atom. The van der Waals surface area contributed by atoms with Crippen molar-refractivity contribution in [3.05, 3.63) is 29.6 Å². The lowest BCUT2D eigenvalue weighted by Gasteiger charge is -2.09. The van der Waals surface area contributed by atoms with Gasteiger partial charge in [0.1, 0.15) is 0 Å². The van der Waals surface area contributed by atoms with Crippen LogP contribution in [0.25, 0.3) is 0 Å². The third-order valence-corrected chi connectivity index (χ3v) is 2.43. The Morgan fingerprint density at radius 1 is 1.47 bits per heavy atom. The first kappa shape index (κ1) is 10.5. The van der Waals surface area contributed by atoms with Crippen LogP contribution in [0.2, 0.25) is 0 Å². The molecule has 4 nitrogen and oxygen atoms in total. The van der Waals surface area contributed by atoms with Crippen LogP contribution in [-0.2, 0) is 22.6 Å². The SMILES string of the molecule is NCc1cccc(COC2CCOC2)n1. The van der Waals surface area contributed by atoms with Gasteiger partial charge in [-0.2, -0.15) is 0 Å². The highest BCUT2D eigenvalue weighted by atomic mass is 16.5. The standard InChI is InChI=1S/C11H16N2O2/c12-6-9-2-1-3-10(13-9)7-15-11-4-5-14-8-11/h1-3,11H,4-8,12H2. The first-order valence-electron chi connectivity index (χ1n) is 5.22. The average molecular weight is 208 g/mol. The van der Waals surface area contributed by atoms with Crippen LogP contribution in [0.15, 0.2) is 18.2 Å². The second-order valence-electron chi connectivity index (χ2n) is 3.62. The van der Waals surface area contributed by atoms with Gasteiger partial charge in [0, 0.05) is 13.2 Å². The van der Waals surface area contributed by atoms with Crippen molar-refractivity contribution in [2.75, 3.05) is 13.2 Å². The van der Waals surface area contributed by atoms with Crippen LogP contribution in [0.5, 0.6) is 0 Å². The van der Waals surface area contributed by atoms with Crippen LogP contribution >= 0.6 is 0 Å². The number of aromatic nitrogens is 1. The highest BCUT2D eigenvalue weighted by Gasteiger charge is 2.15. The molecule has 0 spiro atoms. The van der Waals surface area contributed by atoms with Crippen molar-refractivity contribution in [1.29, 1.82) is 0 Å². The molecule has 2 rings (SSSR count). The highest BCUT2D eigenvalue weighted by molar-refractivity contribution is 5.10. The molecule has 0 bridgehead atoms. The molecule has 15 heavy (non-hydrogen) atoms. The molecule has 0 amide bonds. The summed E-state index contributed by atoms with van der Waals surface area (Å²) in [5.74, 6) is 0. The van der Waals surface area contributed by atoms with Crippen LogP contribution in [-0.4, -0.2) is 24.3 Å².